The molecule has 0 aliphatic heterocycles. The molecule has 0 unspecified atom stereocenters. The van der Waals surface area contributed by atoms with Gasteiger partial charge >= 0.3 is 12.1 Å². The van der Waals surface area contributed by atoms with Crippen molar-refractivity contribution in [2.75, 3.05) is 13.7 Å². The Labute approximate surface area is 159 Å². The van der Waals surface area contributed by atoms with Crippen LogP contribution in [0.15, 0.2) is 34.9 Å². The third kappa shape index (κ3) is 4.11. The zero-order valence-corrected chi connectivity index (χ0v) is 14.7. The van der Waals surface area contributed by atoms with E-state index >= 15 is 0 Å². The number of fused-ring (bicyclic) bond motifs is 1. The summed E-state index contributed by atoms with van der Waals surface area (Å²) in [5, 5.41) is 3.36. The van der Waals surface area contributed by atoms with E-state index in [-0.39, 0.29) is 28.7 Å². The van der Waals surface area contributed by atoms with Crippen molar-refractivity contribution in [1.29, 1.82) is 0 Å². The van der Waals surface area contributed by atoms with E-state index in [4.69, 9.17) is 25.6 Å². The lowest BCUT2D eigenvalue weighted by Gasteiger charge is -2.12. The van der Waals surface area contributed by atoms with Gasteiger partial charge in [0, 0.05) is 0 Å². The summed E-state index contributed by atoms with van der Waals surface area (Å²) in [7, 11) is 1.18. The van der Waals surface area contributed by atoms with Crippen LogP contribution in [0.5, 0.6) is 17.4 Å². The molecule has 3 aromatic rings. The predicted molar refractivity (Wildman–Crippen MR) is 88.0 cm³/mol. The molecule has 0 amide bonds. The molecular formula is C17H10ClF4NO5. The minimum Gasteiger partial charge on any atom is -0.466 e. The number of carbonyl (C=O) groups excluding carboxylic acids is 1. The van der Waals surface area contributed by atoms with Crippen LogP contribution < -0.4 is 9.47 Å². The highest BCUT2D eigenvalue weighted by Crippen LogP contribution is 2.39. The number of rotatable bonds is 5. The second kappa shape index (κ2) is 7.55. The smallest absolute Gasteiger partial charge is 0.416 e. The largest absolute Gasteiger partial charge is 0.466 e. The van der Waals surface area contributed by atoms with E-state index in [2.05, 4.69) is 9.89 Å². The van der Waals surface area contributed by atoms with Crippen molar-refractivity contribution in [2.24, 2.45) is 0 Å². The first-order valence-corrected chi connectivity index (χ1v) is 7.90. The Hall–Kier alpha value is -3.01. The zero-order chi connectivity index (χ0) is 20.5. The molecule has 0 N–H and O–H groups in total. The van der Waals surface area contributed by atoms with Crippen molar-refractivity contribution in [1.82, 2.24) is 5.16 Å². The number of carbonyl (C=O) groups is 1. The SMILES string of the molecule is COC(=O)COc1noc2ccc(Oc3c(F)cc(C(F)(F)F)cc3Cl)cc12. The molecule has 28 heavy (non-hydrogen) atoms. The van der Waals surface area contributed by atoms with Gasteiger partial charge in [-0.2, -0.15) is 13.2 Å². The van der Waals surface area contributed by atoms with Crippen LogP contribution in [0.2, 0.25) is 5.02 Å². The highest BCUT2D eigenvalue weighted by Gasteiger charge is 2.32. The standard InChI is InChI=1S/C17H10ClF4NO5/c1-25-14(24)7-26-16-10-6-9(2-3-13(10)28-23-16)27-15-11(18)4-8(5-12(15)19)17(20,21)22/h2-6H,7H2,1H3. The van der Waals surface area contributed by atoms with Crippen LogP contribution in [-0.2, 0) is 15.7 Å². The van der Waals surface area contributed by atoms with Crippen LogP contribution in [0.4, 0.5) is 17.6 Å². The lowest BCUT2D eigenvalue weighted by atomic mass is 10.2. The normalized spacial score (nSPS) is 11.5. The van der Waals surface area contributed by atoms with Crippen molar-refractivity contribution >= 4 is 28.5 Å². The molecule has 0 aliphatic carbocycles. The van der Waals surface area contributed by atoms with Crippen LogP contribution in [0.3, 0.4) is 0 Å². The average Bonchev–Trinajstić information content (AvgIpc) is 3.04. The van der Waals surface area contributed by atoms with Crippen molar-refractivity contribution in [3.63, 3.8) is 0 Å². The molecule has 0 saturated heterocycles. The monoisotopic (exact) mass is 419 g/mol. The maximum absolute atomic E-state index is 14.1. The van der Waals surface area contributed by atoms with Crippen LogP contribution in [0.25, 0.3) is 11.0 Å². The second-order valence-corrected chi connectivity index (χ2v) is 5.79. The summed E-state index contributed by atoms with van der Waals surface area (Å²) in [4.78, 5) is 11.2. The Morgan fingerprint density at radius 2 is 2.00 bits per heavy atom. The Morgan fingerprint density at radius 1 is 1.25 bits per heavy atom. The van der Waals surface area contributed by atoms with Crippen molar-refractivity contribution in [2.45, 2.75) is 6.18 Å². The van der Waals surface area contributed by atoms with E-state index in [1.807, 2.05) is 0 Å². The summed E-state index contributed by atoms with van der Waals surface area (Å²) in [6.45, 7) is -0.428. The summed E-state index contributed by atoms with van der Waals surface area (Å²) in [5.74, 6) is -2.54. The molecule has 0 atom stereocenters. The number of halogens is 5. The highest BCUT2D eigenvalue weighted by atomic mass is 35.5. The maximum atomic E-state index is 14.1. The fourth-order valence-corrected chi connectivity index (χ4v) is 2.43. The first kappa shape index (κ1) is 19.7. The van der Waals surface area contributed by atoms with E-state index in [1.165, 1.54) is 25.3 Å². The minimum absolute atomic E-state index is 0.0270. The molecule has 1 aromatic heterocycles. The minimum atomic E-state index is -4.75. The quantitative estimate of drug-likeness (QED) is 0.429. The highest BCUT2D eigenvalue weighted by molar-refractivity contribution is 6.32. The first-order valence-electron chi connectivity index (χ1n) is 7.52. The zero-order valence-electron chi connectivity index (χ0n) is 14.0. The van der Waals surface area contributed by atoms with Gasteiger partial charge in [-0.15, -0.1) is 0 Å². The molecular weight excluding hydrogens is 410 g/mol. The molecule has 11 heteroatoms. The summed E-state index contributed by atoms with van der Waals surface area (Å²) < 4.78 is 72.1. The van der Waals surface area contributed by atoms with E-state index in [9.17, 15) is 22.4 Å². The van der Waals surface area contributed by atoms with E-state index < -0.39 is 40.9 Å². The molecule has 1 heterocycles. The number of methoxy groups -OCH3 is 1. The van der Waals surface area contributed by atoms with Gasteiger partial charge in [0.05, 0.1) is 23.1 Å². The van der Waals surface area contributed by atoms with E-state index in [0.29, 0.717) is 6.07 Å². The van der Waals surface area contributed by atoms with Crippen LogP contribution in [0.1, 0.15) is 5.56 Å². The molecule has 0 aliphatic rings. The number of benzene rings is 2. The molecule has 0 bridgehead atoms. The predicted octanol–water partition coefficient (Wildman–Crippen LogP) is 4.98. The molecule has 6 nitrogen and oxygen atoms in total. The van der Waals surface area contributed by atoms with Gasteiger partial charge in [0.15, 0.2) is 23.8 Å². The third-order valence-electron chi connectivity index (χ3n) is 3.51. The summed E-state index contributed by atoms with van der Waals surface area (Å²) in [5.41, 5.74) is -0.971. The van der Waals surface area contributed by atoms with Gasteiger partial charge in [-0.1, -0.05) is 11.6 Å². The lowest BCUT2D eigenvalue weighted by molar-refractivity contribution is -0.143. The van der Waals surface area contributed by atoms with Gasteiger partial charge in [0.2, 0.25) is 0 Å². The molecule has 0 saturated carbocycles. The van der Waals surface area contributed by atoms with E-state index in [0.717, 1.165) is 0 Å². The third-order valence-corrected chi connectivity index (χ3v) is 3.79. The number of ether oxygens (including phenoxy) is 3. The first-order chi connectivity index (χ1) is 13.2. The molecule has 2 aromatic carbocycles. The Morgan fingerprint density at radius 3 is 2.64 bits per heavy atom. The van der Waals surface area contributed by atoms with Crippen LogP contribution in [0, 0.1) is 5.82 Å². The number of hydrogen-bond donors (Lipinski definition) is 0. The fourth-order valence-electron chi connectivity index (χ4n) is 2.19. The number of aromatic nitrogens is 1. The van der Waals surface area contributed by atoms with Gasteiger partial charge in [0.25, 0.3) is 5.88 Å². The van der Waals surface area contributed by atoms with Gasteiger partial charge in [0.1, 0.15) is 5.75 Å². The maximum Gasteiger partial charge on any atom is 0.416 e. The number of nitrogens with zero attached hydrogens (tertiary/aromatic N) is 1. The Bertz CT molecular complexity index is 1010. The van der Waals surface area contributed by atoms with Crippen molar-refractivity contribution in [3.8, 4) is 17.4 Å². The summed E-state index contributed by atoms with van der Waals surface area (Å²) >= 11 is 5.75. The Balaban J connectivity index is 1.90. The lowest BCUT2D eigenvalue weighted by Crippen LogP contribution is -2.12. The van der Waals surface area contributed by atoms with Gasteiger partial charge in [-0.05, 0) is 35.5 Å². The van der Waals surface area contributed by atoms with Gasteiger partial charge < -0.3 is 18.7 Å². The van der Waals surface area contributed by atoms with Crippen molar-refractivity contribution in [3.05, 3.63) is 46.7 Å². The second-order valence-electron chi connectivity index (χ2n) is 5.38. The van der Waals surface area contributed by atoms with Crippen LogP contribution >= 0.6 is 11.6 Å². The molecule has 3 rings (SSSR count). The average molecular weight is 420 g/mol. The summed E-state index contributed by atoms with van der Waals surface area (Å²) in [6.07, 6.45) is -4.75. The van der Waals surface area contributed by atoms with Gasteiger partial charge in [-0.25, -0.2) is 9.18 Å². The number of esters is 1. The Kier molecular flexibility index (Phi) is 5.32. The molecule has 0 fully saturated rings. The molecule has 148 valence electrons. The van der Waals surface area contributed by atoms with Crippen LogP contribution in [-0.4, -0.2) is 24.8 Å². The number of hydrogen-bond acceptors (Lipinski definition) is 6. The molecule has 0 radical (unpaired) electrons. The fraction of sp³-hybridized carbons (Fsp3) is 0.176. The van der Waals surface area contributed by atoms with E-state index in [1.54, 1.807) is 0 Å². The van der Waals surface area contributed by atoms with Gasteiger partial charge in [-0.3, -0.25) is 0 Å². The topological polar surface area (TPSA) is 70.8 Å². The summed E-state index contributed by atoms with van der Waals surface area (Å²) in [6, 6.07) is 4.96. The number of alkyl halides is 3. The van der Waals surface area contributed by atoms with Crippen molar-refractivity contribution < 1.29 is 41.1 Å². The molecule has 0 spiro atoms.